The van der Waals surface area contributed by atoms with Gasteiger partial charge in [0, 0.05) is 13.1 Å². The molecule has 2 atom stereocenters. The van der Waals surface area contributed by atoms with Crippen molar-refractivity contribution in [2.75, 3.05) is 26.0 Å². The lowest BCUT2D eigenvalue weighted by Crippen LogP contribution is -2.49. The number of nitrogens with zero attached hydrogens (tertiary/aromatic N) is 1. The highest BCUT2D eigenvalue weighted by atomic mass is 32.2. The number of piperidine rings is 1. The Kier molecular flexibility index (Phi) is 5.76. The number of aliphatic hydroxyl groups excluding tert-OH is 1. The second-order valence-corrected chi connectivity index (χ2v) is 7.48. The van der Waals surface area contributed by atoms with Gasteiger partial charge in [-0.25, -0.2) is 12.7 Å². The summed E-state index contributed by atoms with van der Waals surface area (Å²) in [5, 5.41) is 12.0. The predicted molar refractivity (Wildman–Crippen MR) is 73.0 cm³/mol. The van der Waals surface area contributed by atoms with Crippen LogP contribution < -0.4 is 5.32 Å². The van der Waals surface area contributed by atoms with Crippen molar-refractivity contribution in [2.45, 2.75) is 32.7 Å². The van der Waals surface area contributed by atoms with Crippen LogP contribution in [0.1, 0.15) is 26.7 Å². The third-order valence-electron chi connectivity index (χ3n) is 3.55. The molecule has 0 saturated carbocycles. The van der Waals surface area contributed by atoms with Gasteiger partial charge in [0.25, 0.3) is 0 Å². The van der Waals surface area contributed by atoms with Gasteiger partial charge in [-0.05, 0) is 18.8 Å². The topological polar surface area (TPSA) is 86.7 Å². The van der Waals surface area contributed by atoms with Crippen LogP contribution in [-0.2, 0) is 14.8 Å². The molecule has 1 heterocycles. The Hall–Kier alpha value is -0.660. The molecule has 1 aliphatic heterocycles. The smallest absolute Gasteiger partial charge is 0.224 e. The zero-order valence-corrected chi connectivity index (χ0v) is 12.6. The van der Waals surface area contributed by atoms with E-state index in [2.05, 4.69) is 5.32 Å². The largest absolute Gasteiger partial charge is 0.394 e. The second-order valence-electron chi connectivity index (χ2n) is 5.50. The lowest BCUT2D eigenvalue weighted by atomic mass is 9.97. The van der Waals surface area contributed by atoms with Crippen molar-refractivity contribution >= 4 is 15.9 Å². The van der Waals surface area contributed by atoms with Gasteiger partial charge in [0.15, 0.2) is 0 Å². The fraction of sp³-hybridized carbons (Fsp3) is 0.917. The molecule has 6 nitrogen and oxygen atoms in total. The summed E-state index contributed by atoms with van der Waals surface area (Å²) in [4.78, 5) is 12.1. The lowest BCUT2D eigenvalue weighted by Gasteiger charge is -2.31. The van der Waals surface area contributed by atoms with Crippen LogP contribution in [0, 0.1) is 11.8 Å². The van der Waals surface area contributed by atoms with Crippen molar-refractivity contribution in [3.63, 3.8) is 0 Å². The summed E-state index contributed by atoms with van der Waals surface area (Å²) in [6.45, 7) is 4.46. The predicted octanol–water partition coefficient (Wildman–Crippen LogP) is -0.209. The molecule has 1 rings (SSSR count). The van der Waals surface area contributed by atoms with Gasteiger partial charge in [-0.3, -0.25) is 4.79 Å². The molecule has 2 unspecified atom stereocenters. The summed E-state index contributed by atoms with van der Waals surface area (Å²) in [5.41, 5.74) is 0. The molecular weight excluding hydrogens is 268 g/mol. The first-order valence-corrected chi connectivity index (χ1v) is 8.47. The zero-order valence-electron chi connectivity index (χ0n) is 11.8. The van der Waals surface area contributed by atoms with Crippen LogP contribution in [0.2, 0.25) is 0 Å². The number of carbonyl (C=O) groups is 1. The molecule has 0 aromatic carbocycles. The molecular formula is C12H24N2O4S. The lowest BCUT2D eigenvalue weighted by molar-refractivity contribution is -0.127. The van der Waals surface area contributed by atoms with Gasteiger partial charge >= 0.3 is 0 Å². The van der Waals surface area contributed by atoms with E-state index >= 15 is 0 Å². The number of amides is 1. The van der Waals surface area contributed by atoms with Crippen molar-refractivity contribution in [3.8, 4) is 0 Å². The van der Waals surface area contributed by atoms with E-state index in [0.29, 0.717) is 19.4 Å². The van der Waals surface area contributed by atoms with E-state index in [4.69, 9.17) is 0 Å². The van der Waals surface area contributed by atoms with Crippen molar-refractivity contribution in [3.05, 3.63) is 0 Å². The first kappa shape index (κ1) is 16.4. The average molecular weight is 292 g/mol. The second kappa shape index (κ2) is 6.67. The average Bonchev–Trinajstić information content (AvgIpc) is 2.34. The summed E-state index contributed by atoms with van der Waals surface area (Å²) >= 11 is 0. The quantitative estimate of drug-likeness (QED) is 0.734. The van der Waals surface area contributed by atoms with Gasteiger partial charge in [0.1, 0.15) is 0 Å². The Morgan fingerprint density at radius 1 is 1.47 bits per heavy atom. The molecule has 7 heteroatoms. The molecule has 1 saturated heterocycles. The Morgan fingerprint density at radius 2 is 2.11 bits per heavy atom. The van der Waals surface area contributed by atoms with E-state index in [1.165, 1.54) is 4.31 Å². The van der Waals surface area contributed by atoms with Crippen molar-refractivity contribution in [2.24, 2.45) is 11.8 Å². The first-order chi connectivity index (χ1) is 8.75. The number of hydrogen-bond acceptors (Lipinski definition) is 4. The molecule has 0 aliphatic carbocycles. The third kappa shape index (κ3) is 4.74. The molecule has 1 amide bonds. The Balaban J connectivity index is 2.62. The Labute approximate surface area is 115 Å². The Morgan fingerprint density at radius 3 is 2.58 bits per heavy atom. The normalized spacial score (nSPS) is 23.3. The van der Waals surface area contributed by atoms with Gasteiger partial charge in [0.05, 0.1) is 24.8 Å². The van der Waals surface area contributed by atoms with Gasteiger partial charge in [-0.15, -0.1) is 0 Å². The Bertz CT molecular complexity index is 408. The minimum absolute atomic E-state index is 0.105. The first-order valence-electron chi connectivity index (χ1n) is 6.62. The van der Waals surface area contributed by atoms with E-state index in [-0.39, 0.29) is 36.9 Å². The van der Waals surface area contributed by atoms with Crippen LogP contribution in [0.15, 0.2) is 0 Å². The molecule has 0 aromatic heterocycles. The van der Waals surface area contributed by atoms with Crippen molar-refractivity contribution < 1.29 is 18.3 Å². The number of carbonyl (C=O) groups excluding carboxylic acids is 1. The van der Waals surface area contributed by atoms with Gasteiger partial charge in [-0.2, -0.15) is 0 Å². The molecule has 1 aliphatic rings. The van der Waals surface area contributed by atoms with E-state index < -0.39 is 10.0 Å². The fourth-order valence-electron chi connectivity index (χ4n) is 2.18. The number of sulfonamides is 1. The molecule has 112 valence electrons. The van der Waals surface area contributed by atoms with Crippen LogP contribution in [-0.4, -0.2) is 55.7 Å². The highest BCUT2D eigenvalue weighted by molar-refractivity contribution is 7.88. The maximum atomic E-state index is 12.1. The number of hydrogen-bond donors (Lipinski definition) is 2. The minimum Gasteiger partial charge on any atom is -0.394 e. The van der Waals surface area contributed by atoms with E-state index in [9.17, 15) is 18.3 Å². The SMILES string of the molecule is CC(C)C(CO)NC(=O)C1CCCN(S(C)(=O)=O)C1. The van der Waals surface area contributed by atoms with E-state index in [1.807, 2.05) is 13.8 Å². The summed E-state index contributed by atoms with van der Waals surface area (Å²) in [6, 6.07) is -0.277. The number of aliphatic hydroxyl groups is 1. The van der Waals surface area contributed by atoms with Crippen LogP contribution in [0.25, 0.3) is 0 Å². The molecule has 0 bridgehead atoms. The molecule has 0 spiro atoms. The zero-order chi connectivity index (χ0) is 14.6. The van der Waals surface area contributed by atoms with Gasteiger partial charge in [-0.1, -0.05) is 13.8 Å². The van der Waals surface area contributed by atoms with Crippen LogP contribution in [0.3, 0.4) is 0 Å². The van der Waals surface area contributed by atoms with Crippen LogP contribution in [0.5, 0.6) is 0 Å². The summed E-state index contributed by atoms with van der Waals surface area (Å²) in [5.74, 6) is -0.346. The van der Waals surface area contributed by atoms with E-state index in [1.54, 1.807) is 0 Å². The highest BCUT2D eigenvalue weighted by Crippen LogP contribution is 2.19. The van der Waals surface area contributed by atoms with E-state index in [0.717, 1.165) is 6.26 Å². The van der Waals surface area contributed by atoms with Gasteiger partial charge in [0.2, 0.25) is 15.9 Å². The monoisotopic (exact) mass is 292 g/mol. The molecule has 19 heavy (non-hydrogen) atoms. The molecule has 0 radical (unpaired) electrons. The highest BCUT2D eigenvalue weighted by Gasteiger charge is 2.31. The maximum absolute atomic E-state index is 12.1. The minimum atomic E-state index is -3.24. The van der Waals surface area contributed by atoms with Crippen molar-refractivity contribution in [1.29, 1.82) is 0 Å². The summed E-state index contributed by atoms with van der Waals surface area (Å²) < 4.78 is 24.3. The maximum Gasteiger partial charge on any atom is 0.224 e. The van der Waals surface area contributed by atoms with Gasteiger partial charge < -0.3 is 10.4 Å². The standard InChI is InChI=1S/C12H24N2O4S/c1-9(2)11(8-15)13-12(16)10-5-4-6-14(7-10)19(3,17)18/h9-11,15H,4-8H2,1-3H3,(H,13,16). The van der Waals surface area contributed by atoms with Crippen LogP contribution >= 0.6 is 0 Å². The van der Waals surface area contributed by atoms with Crippen LogP contribution in [0.4, 0.5) is 0 Å². The molecule has 0 aromatic rings. The summed E-state index contributed by atoms with van der Waals surface area (Å²) in [6.07, 6.45) is 2.54. The summed E-state index contributed by atoms with van der Waals surface area (Å²) in [7, 11) is -3.24. The third-order valence-corrected chi connectivity index (χ3v) is 4.82. The fourth-order valence-corrected chi connectivity index (χ4v) is 3.09. The van der Waals surface area contributed by atoms with Crippen molar-refractivity contribution in [1.82, 2.24) is 9.62 Å². The molecule has 1 fully saturated rings. The molecule has 2 N–H and O–H groups in total. The number of rotatable bonds is 5. The number of nitrogens with one attached hydrogen (secondary N) is 1.